The number of nitrogens with two attached hydrogens (primary N) is 1. The van der Waals surface area contributed by atoms with Gasteiger partial charge >= 0.3 is 0 Å². The van der Waals surface area contributed by atoms with E-state index in [2.05, 4.69) is 10.6 Å². The summed E-state index contributed by atoms with van der Waals surface area (Å²) in [5, 5.41) is 1.07. The minimum absolute atomic E-state index is 0.0125. The van der Waals surface area contributed by atoms with Crippen LogP contribution < -0.4 is 5.73 Å². The number of hydrogen-bond acceptors (Lipinski definition) is 2. The van der Waals surface area contributed by atoms with Crippen LogP contribution in [-0.4, -0.2) is 23.7 Å². The zero-order valence-corrected chi connectivity index (χ0v) is 15.5. The van der Waals surface area contributed by atoms with Crippen molar-refractivity contribution in [1.82, 2.24) is 4.57 Å². The topological polar surface area (TPSA) is 40.2 Å². The predicted molar refractivity (Wildman–Crippen MR) is 103 cm³/mol. The number of fused-ring (bicyclic) bond motifs is 1. The van der Waals surface area contributed by atoms with Crippen molar-refractivity contribution in [2.45, 2.75) is 45.1 Å². The van der Waals surface area contributed by atoms with Crippen LogP contribution in [0.2, 0.25) is 0 Å². The average molecular weight is 360 g/mol. The smallest absolute Gasteiger partial charge is 0.270 e. The van der Waals surface area contributed by atoms with Crippen molar-refractivity contribution in [3.63, 3.8) is 0 Å². The molecule has 0 saturated carbocycles. The largest absolute Gasteiger partial charge is 0.399 e. The number of nitrogen functional groups attached to an aromatic ring is 1. The van der Waals surface area contributed by atoms with Crippen LogP contribution in [0.1, 0.15) is 44.8 Å². The summed E-state index contributed by atoms with van der Waals surface area (Å²) < 4.78 is 35.1. The Hall–Kier alpha value is -2.14. The van der Waals surface area contributed by atoms with E-state index >= 15 is 0 Å². The molecule has 140 valence electrons. The van der Waals surface area contributed by atoms with Gasteiger partial charge in [-0.05, 0) is 37.6 Å². The van der Waals surface area contributed by atoms with Gasteiger partial charge < -0.3 is 15.0 Å². The SMILES string of the molecule is C/C=C(\C=C/C(C)c1cc2cc(N)ccc2n1C1CCOC1)C(C)(F)F. The van der Waals surface area contributed by atoms with Crippen molar-refractivity contribution < 1.29 is 13.5 Å². The molecule has 3 nitrogen and oxygen atoms in total. The summed E-state index contributed by atoms with van der Waals surface area (Å²) in [5.74, 6) is -2.85. The third-order valence-electron chi connectivity index (χ3n) is 5.01. The molecule has 1 aromatic carbocycles. The molecule has 0 radical (unpaired) electrons. The second kappa shape index (κ2) is 7.23. The molecule has 2 unspecified atom stereocenters. The first-order valence-corrected chi connectivity index (χ1v) is 9.02. The third kappa shape index (κ3) is 3.68. The fourth-order valence-electron chi connectivity index (χ4n) is 3.60. The summed E-state index contributed by atoms with van der Waals surface area (Å²) in [5.41, 5.74) is 8.88. The molecular formula is C21H26F2N2O. The minimum Gasteiger partial charge on any atom is -0.399 e. The van der Waals surface area contributed by atoms with E-state index < -0.39 is 5.92 Å². The number of benzene rings is 1. The summed E-state index contributed by atoms with van der Waals surface area (Å²) >= 11 is 0. The average Bonchev–Trinajstić information content (AvgIpc) is 3.20. The number of alkyl halides is 2. The number of nitrogens with zero attached hydrogens (tertiary/aromatic N) is 1. The lowest BCUT2D eigenvalue weighted by Crippen LogP contribution is -2.14. The van der Waals surface area contributed by atoms with Gasteiger partial charge in [-0.15, -0.1) is 0 Å². The van der Waals surface area contributed by atoms with Crippen molar-refractivity contribution in [1.29, 1.82) is 0 Å². The van der Waals surface area contributed by atoms with Crippen LogP contribution in [0.15, 0.2) is 48.1 Å². The Bertz CT molecular complexity index is 840. The fraction of sp³-hybridized carbons (Fsp3) is 0.429. The van der Waals surface area contributed by atoms with Gasteiger partial charge in [0.05, 0.1) is 12.6 Å². The summed E-state index contributed by atoms with van der Waals surface area (Å²) in [6.07, 6.45) is 5.79. The van der Waals surface area contributed by atoms with Gasteiger partial charge in [0.1, 0.15) is 0 Å². The van der Waals surface area contributed by atoms with Crippen LogP contribution >= 0.6 is 0 Å². The standard InChI is InChI=1S/C21H26F2N2O/c1-4-16(21(3,22)23)6-5-14(2)20-12-15-11-17(24)7-8-19(15)25(20)18-9-10-26-13-18/h4-8,11-12,14,18H,9-10,13,24H2,1-3H3/b6-5-,16-4+. The molecule has 1 aromatic heterocycles. The Morgan fingerprint density at radius 2 is 2.15 bits per heavy atom. The van der Waals surface area contributed by atoms with Crippen LogP contribution in [0, 0.1) is 0 Å². The molecule has 1 saturated heterocycles. The highest BCUT2D eigenvalue weighted by Gasteiger charge is 2.26. The number of aromatic nitrogens is 1. The van der Waals surface area contributed by atoms with Gasteiger partial charge in [0.25, 0.3) is 5.92 Å². The maximum absolute atomic E-state index is 13.6. The van der Waals surface area contributed by atoms with Gasteiger partial charge in [0.2, 0.25) is 0 Å². The second-order valence-electron chi connectivity index (χ2n) is 7.06. The Labute approximate surface area is 153 Å². The second-order valence-corrected chi connectivity index (χ2v) is 7.06. The summed E-state index contributed by atoms with van der Waals surface area (Å²) in [6.45, 7) is 6.00. The maximum atomic E-state index is 13.6. The minimum atomic E-state index is -2.84. The van der Waals surface area contributed by atoms with E-state index in [4.69, 9.17) is 10.5 Å². The third-order valence-corrected chi connectivity index (χ3v) is 5.01. The molecule has 5 heteroatoms. The Morgan fingerprint density at radius 1 is 1.38 bits per heavy atom. The number of hydrogen-bond donors (Lipinski definition) is 1. The molecule has 0 amide bonds. The van der Waals surface area contributed by atoms with Crippen LogP contribution in [0.4, 0.5) is 14.5 Å². The zero-order chi connectivity index (χ0) is 18.9. The molecular weight excluding hydrogens is 334 g/mol. The molecule has 2 heterocycles. The normalized spacial score (nSPS) is 20.3. The molecule has 2 N–H and O–H groups in total. The van der Waals surface area contributed by atoms with Gasteiger partial charge in [0, 0.05) is 47.3 Å². The van der Waals surface area contributed by atoms with E-state index in [-0.39, 0.29) is 17.5 Å². The lowest BCUT2D eigenvalue weighted by molar-refractivity contribution is 0.0673. The molecule has 1 aliphatic heterocycles. The lowest BCUT2D eigenvalue weighted by Gasteiger charge is -2.19. The van der Waals surface area contributed by atoms with E-state index in [0.717, 1.165) is 36.5 Å². The van der Waals surface area contributed by atoms with Crippen molar-refractivity contribution in [2.24, 2.45) is 0 Å². The molecule has 26 heavy (non-hydrogen) atoms. The maximum Gasteiger partial charge on any atom is 0.270 e. The number of rotatable bonds is 5. The lowest BCUT2D eigenvalue weighted by atomic mass is 10.0. The van der Waals surface area contributed by atoms with Gasteiger partial charge in [-0.25, -0.2) is 8.78 Å². The summed E-state index contributed by atoms with van der Waals surface area (Å²) in [4.78, 5) is 0. The van der Waals surface area contributed by atoms with Gasteiger partial charge in [0.15, 0.2) is 0 Å². The first-order valence-electron chi connectivity index (χ1n) is 9.02. The first kappa shape index (κ1) is 18.6. The Balaban J connectivity index is 2.01. The number of anilines is 1. The van der Waals surface area contributed by atoms with Crippen LogP contribution in [0.25, 0.3) is 10.9 Å². The highest BCUT2D eigenvalue weighted by atomic mass is 19.3. The Kier molecular flexibility index (Phi) is 5.19. The predicted octanol–water partition coefficient (Wildman–Crippen LogP) is 5.45. The molecule has 1 fully saturated rings. The molecule has 3 rings (SSSR count). The van der Waals surface area contributed by atoms with Crippen molar-refractivity contribution in [3.05, 3.63) is 53.8 Å². The first-order chi connectivity index (χ1) is 12.3. The van der Waals surface area contributed by atoms with E-state index in [0.29, 0.717) is 12.3 Å². The monoisotopic (exact) mass is 360 g/mol. The molecule has 1 aliphatic rings. The van der Waals surface area contributed by atoms with E-state index in [9.17, 15) is 8.78 Å². The van der Waals surface area contributed by atoms with E-state index in [1.54, 1.807) is 6.92 Å². The van der Waals surface area contributed by atoms with E-state index in [1.807, 2.05) is 31.2 Å². The zero-order valence-electron chi connectivity index (χ0n) is 15.5. The molecule has 2 atom stereocenters. The van der Waals surface area contributed by atoms with E-state index in [1.165, 1.54) is 12.2 Å². The Morgan fingerprint density at radius 3 is 2.77 bits per heavy atom. The molecule has 0 bridgehead atoms. The van der Waals surface area contributed by atoms with Crippen molar-refractivity contribution >= 4 is 16.6 Å². The molecule has 0 aliphatic carbocycles. The van der Waals surface area contributed by atoms with Crippen LogP contribution in [0.3, 0.4) is 0 Å². The fourth-order valence-corrected chi connectivity index (χ4v) is 3.60. The van der Waals surface area contributed by atoms with Crippen LogP contribution in [-0.2, 0) is 4.74 Å². The van der Waals surface area contributed by atoms with Crippen LogP contribution in [0.5, 0.6) is 0 Å². The van der Waals surface area contributed by atoms with Crippen molar-refractivity contribution in [2.75, 3.05) is 18.9 Å². The molecule has 0 spiro atoms. The van der Waals surface area contributed by atoms with Gasteiger partial charge in [-0.2, -0.15) is 0 Å². The highest BCUT2D eigenvalue weighted by molar-refractivity contribution is 5.85. The molecule has 2 aromatic rings. The number of halogens is 2. The van der Waals surface area contributed by atoms with Gasteiger partial charge in [-0.1, -0.05) is 25.2 Å². The highest BCUT2D eigenvalue weighted by Crippen LogP contribution is 2.34. The summed E-state index contributed by atoms with van der Waals surface area (Å²) in [7, 11) is 0. The quantitative estimate of drug-likeness (QED) is 0.569. The number of ether oxygens (including phenoxy) is 1. The number of allylic oxidation sites excluding steroid dienone is 4. The van der Waals surface area contributed by atoms with Crippen molar-refractivity contribution in [3.8, 4) is 0 Å². The van der Waals surface area contributed by atoms with Gasteiger partial charge in [-0.3, -0.25) is 0 Å². The summed E-state index contributed by atoms with van der Waals surface area (Å²) in [6, 6.07) is 8.25.